The van der Waals surface area contributed by atoms with E-state index in [0.29, 0.717) is 30.9 Å². The predicted molar refractivity (Wildman–Crippen MR) is 129 cm³/mol. The van der Waals surface area contributed by atoms with Gasteiger partial charge in [-0.25, -0.2) is 0 Å². The Bertz CT molecular complexity index is 1160. The molecule has 1 unspecified atom stereocenters. The number of non-ortho nitro benzene ring substituents is 1. The van der Waals surface area contributed by atoms with Crippen molar-refractivity contribution in [3.05, 3.63) is 88.0 Å². The third-order valence-electron chi connectivity index (χ3n) is 5.30. The summed E-state index contributed by atoms with van der Waals surface area (Å²) in [5.41, 5.74) is 3.80. The number of thioether (sulfide) groups is 1. The first-order chi connectivity index (χ1) is 16.1. The minimum absolute atomic E-state index is 0.0414. The van der Waals surface area contributed by atoms with E-state index in [4.69, 9.17) is 19.6 Å². The van der Waals surface area contributed by atoms with Crippen molar-refractivity contribution in [2.75, 3.05) is 20.3 Å². The monoisotopic (exact) mass is 464 g/mol. The Morgan fingerprint density at radius 2 is 1.91 bits per heavy atom. The highest BCUT2D eigenvalue weighted by molar-refractivity contribution is 7.99. The van der Waals surface area contributed by atoms with E-state index in [1.165, 1.54) is 0 Å². The Labute approximate surface area is 196 Å². The lowest BCUT2D eigenvalue weighted by atomic mass is 10.0. The number of aliphatic hydroxyl groups is 1. The van der Waals surface area contributed by atoms with E-state index in [2.05, 4.69) is 0 Å². The summed E-state index contributed by atoms with van der Waals surface area (Å²) in [4.78, 5) is 16.7. The summed E-state index contributed by atoms with van der Waals surface area (Å²) in [7, 11) is 1.59. The number of nitro groups is 1. The fourth-order valence-corrected chi connectivity index (χ4v) is 4.84. The maximum atomic E-state index is 11.1. The zero-order valence-corrected chi connectivity index (χ0v) is 19.0. The first-order valence-electron chi connectivity index (χ1n) is 10.6. The summed E-state index contributed by atoms with van der Waals surface area (Å²) >= 11 is 1.71. The number of rotatable bonds is 8. The second kappa shape index (κ2) is 10.5. The van der Waals surface area contributed by atoms with Gasteiger partial charge in [-0.3, -0.25) is 15.1 Å². The molecular formula is C25H24N2O5S. The molecular weight excluding hydrogens is 440 g/mol. The van der Waals surface area contributed by atoms with Crippen LogP contribution in [0.25, 0.3) is 0 Å². The van der Waals surface area contributed by atoms with E-state index < -0.39 is 0 Å². The number of nitro benzene ring substituents is 1. The molecule has 0 aromatic heterocycles. The standard InChI is InChI=1S/C25H24N2O5S/c1-31-23-15-18(9-12-22(23)32-14-4-13-28)21-16-25(17-7-10-19(11-8-17)27(29)30)33-24-6-3-2-5-20(24)26-21/h2-3,5-12,15,25,28H,4,13-14,16H2,1H3. The lowest BCUT2D eigenvalue weighted by molar-refractivity contribution is -0.384. The number of fused-ring (bicyclic) bond motifs is 1. The molecule has 0 spiro atoms. The van der Waals surface area contributed by atoms with Crippen LogP contribution in [0.15, 0.2) is 76.6 Å². The normalized spacial score (nSPS) is 15.2. The predicted octanol–water partition coefficient (Wildman–Crippen LogP) is 5.72. The van der Waals surface area contributed by atoms with Crippen LogP contribution in [0.4, 0.5) is 11.4 Å². The Balaban J connectivity index is 1.69. The van der Waals surface area contributed by atoms with Gasteiger partial charge in [0, 0.05) is 47.4 Å². The van der Waals surface area contributed by atoms with E-state index in [1.807, 2.05) is 54.6 Å². The average molecular weight is 465 g/mol. The lowest BCUT2D eigenvalue weighted by Gasteiger charge is -2.17. The van der Waals surface area contributed by atoms with Gasteiger partial charge in [-0.2, -0.15) is 0 Å². The van der Waals surface area contributed by atoms with E-state index >= 15 is 0 Å². The van der Waals surface area contributed by atoms with E-state index in [9.17, 15) is 10.1 Å². The molecule has 0 saturated carbocycles. The van der Waals surface area contributed by atoms with Crippen LogP contribution >= 0.6 is 11.8 Å². The number of ether oxygens (including phenoxy) is 2. The van der Waals surface area contributed by atoms with Crippen molar-refractivity contribution in [1.82, 2.24) is 0 Å². The minimum Gasteiger partial charge on any atom is -0.493 e. The Morgan fingerprint density at radius 1 is 1.12 bits per heavy atom. The van der Waals surface area contributed by atoms with Gasteiger partial charge >= 0.3 is 0 Å². The summed E-state index contributed by atoms with van der Waals surface area (Å²) in [5.74, 6) is 1.22. The van der Waals surface area contributed by atoms with Gasteiger partial charge in [0.15, 0.2) is 11.5 Å². The molecule has 3 aromatic rings. The topological polar surface area (TPSA) is 94.2 Å². The number of aliphatic hydroxyl groups excluding tert-OH is 1. The van der Waals surface area contributed by atoms with Gasteiger partial charge < -0.3 is 14.6 Å². The molecule has 4 rings (SSSR count). The summed E-state index contributed by atoms with van der Waals surface area (Å²) in [6.45, 7) is 0.470. The molecule has 7 nitrogen and oxygen atoms in total. The summed E-state index contributed by atoms with van der Waals surface area (Å²) in [6.07, 6.45) is 1.19. The van der Waals surface area contributed by atoms with Crippen molar-refractivity contribution in [3.63, 3.8) is 0 Å². The van der Waals surface area contributed by atoms with Gasteiger partial charge in [0.2, 0.25) is 0 Å². The summed E-state index contributed by atoms with van der Waals surface area (Å²) < 4.78 is 11.3. The molecule has 0 saturated heterocycles. The van der Waals surface area contributed by atoms with Gasteiger partial charge in [0.25, 0.3) is 5.69 Å². The van der Waals surface area contributed by atoms with Gasteiger partial charge in [-0.05, 0) is 41.5 Å². The molecule has 1 aliphatic rings. The maximum Gasteiger partial charge on any atom is 0.269 e. The number of aliphatic imine (C=N–C) groups is 1. The van der Waals surface area contributed by atoms with Gasteiger partial charge in [-0.1, -0.05) is 24.3 Å². The second-order valence-electron chi connectivity index (χ2n) is 7.48. The highest BCUT2D eigenvalue weighted by Gasteiger charge is 2.23. The fraction of sp³-hybridized carbons (Fsp3) is 0.240. The molecule has 0 radical (unpaired) electrons. The van der Waals surface area contributed by atoms with Crippen LogP contribution in [0.3, 0.4) is 0 Å². The first-order valence-corrected chi connectivity index (χ1v) is 11.5. The van der Waals surface area contributed by atoms with E-state index in [1.54, 1.807) is 31.0 Å². The van der Waals surface area contributed by atoms with Crippen molar-refractivity contribution < 1.29 is 19.5 Å². The Kier molecular flexibility index (Phi) is 7.26. The highest BCUT2D eigenvalue weighted by atomic mass is 32.2. The van der Waals surface area contributed by atoms with Gasteiger partial charge in [0.1, 0.15) is 0 Å². The zero-order valence-electron chi connectivity index (χ0n) is 18.1. The quantitative estimate of drug-likeness (QED) is 0.260. The molecule has 0 bridgehead atoms. The Morgan fingerprint density at radius 3 is 2.64 bits per heavy atom. The molecule has 1 N–H and O–H groups in total. The van der Waals surface area contributed by atoms with Crippen LogP contribution in [0.1, 0.15) is 29.2 Å². The van der Waals surface area contributed by atoms with Crippen molar-refractivity contribution in [3.8, 4) is 11.5 Å². The van der Waals surface area contributed by atoms with Crippen molar-refractivity contribution in [1.29, 1.82) is 0 Å². The molecule has 1 aliphatic heterocycles. The number of methoxy groups -OCH3 is 1. The smallest absolute Gasteiger partial charge is 0.269 e. The molecule has 1 heterocycles. The SMILES string of the molecule is COc1cc(C2=Nc3ccccc3SC(c3ccc([N+](=O)[O-])cc3)C2)ccc1OCCCO. The lowest BCUT2D eigenvalue weighted by Crippen LogP contribution is -2.07. The fourth-order valence-electron chi connectivity index (χ4n) is 3.60. The molecule has 3 aromatic carbocycles. The van der Waals surface area contributed by atoms with Crippen molar-refractivity contribution in [2.24, 2.45) is 4.99 Å². The number of para-hydroxylation sites is 1. The molecule has 33 heavy (non-hydrogen) atoms. The van der Waals surface area contributed by atoms with E-state index in [-0.39, 0.29) is 22.5 Å². The van der Waals surface area contributed by atoms with Crippen LogP contribution in [0, 0.1) is 10.1 Å². The maximum absolute atomic E-state index is 11.1. The third-order valence-corrected chi connectivity index (χ3v) is 6.62. The first kappa shape index (κ1) is 22.8. The molecule has 0 amide bonds. The zero-order chi connectivity index (χ0) is 23.2. The van der Waals surface area contributed by atoms with Crippen LogP contribution < -0.4 is 9.47 Å². The number of nitrogens with zero attached hydrogens (tertiary/aromatic N) is 2. The minimum atomic E-state index is -0.386. The molecule has 170 valence electrons. The average Bonchev–Trinajstić information content (AvgIpc) is 3.04. The van der Waals surface area contributed by atoms with Crippen LogP contribution in [-0.2, 0) is 0 Å². The van der Waals surface area contributed by atoms with Gasteiger partial charge in [0.05, 0.1) is 24.3 Å². The third kappa shape index (κ3) is 5.35. The largest absolute Gasteiger partial charge is 0.493 e. The van der Waals surface area contributed by atoms with Crippen molar-refractivity contribution >= 4 is 28.8 Å². The second-order valence-corrected chi connectivity index (χ2v) is 8.72. The molecule has 0 aliphatic carbocycles. The van der Waals surface area contributed by atoms with E-state index in [0.717, 1.165) is 27.4 Å². The van der Waals surface area contributed by atoms with Crippen molar-refractivity contribution in [2.45, 2.75) is 23.0 Å². The highest BCUT2D eigenvalue weighted by Crippen LogP contribution is 2.46. The molecule has 0 fully saturated rings. The van der Waals surface area contributed by atoms with Crippen LogP contribution in [0.5, 0.6) is 11.5 Å². The van der Waals surface area contributed by atoms with Crippen LogP contribution in [-0.4, -0.2) is 36.1 Å². The van der Waals surface area contributed by atoms with Crippen LogP contribution in [0.2, 0.25) is 0 Å². The summed E-state index contributed by atoms with van der Waals surface area (Å²) in [6, 6.07) is 20.5. The number of benzene rings is 3. The number of hydrogen-bond donors (Lipinski definition) is 1. The molecule has 1 atom stereocenters. The summed E-state index contributed by atoms with van der Waals surface area (Å²) in [5, 5.41) is 20.1. The van der Waals surface area contributed by atoms with Gasteiger partial charge in [-0.15, -0.1) is 11.8 Å². The molecule has 8 heteroatoms. The number of hydrogen-bond acceptors (Lipinski definition) is 7. The Hall–Kier alpha value is -3.36.